The van der Waals surface area contributed by atoms with Gasteiger partial charge in [0, 0.05) is 18.9 Å². The molecule has 0 aliphatic rings. The Labute approximate surface area is 112 Å². The molecule has 0 radical (unpaired) electrons. The lowest BCUT2D eigenvalue weighted by Gasteiger charge is -2.31. The summed E-state index contributed by atoms with van der Waals surface area (Å²) in [6, 6.07) is -0.791. The van der Waals surface area contributed by atoms with Gasteiger partial charge in [-0.3, -0.25) is 4.79 Å². The third-order valence-electron chi connectivity index (χ3n) is 2.76. The van der Waals surface area contributed by atoms with Crippen LogP contribution in [-0.4, -0.2) is 34.1 Å². The Hall–Kier alpha value is -2.05. The van der Waals surface area contributed by atoms with Crippen molar-refractivity contribution in [3.8, 4) is 0 Å². The molecule has 1 unspecified atom stereocenters. The van der Waals surface area contributed by atoms with E-state index in [1.165, 1.54) is 0 Å². The highest BCUT2D eigenvalue weighted by atomic mass is 16.2. The normalized spacial score (nSPS) is 12.8. The Morgan fingerprint density at radius 2 is 2.11 bits per heavy atom. The molecule has 3 amide bonds. The van der Waals surface area contributed by atoms with Crippen molar-refractivity contribution < 1.29 is 9.59 Å². The van der Waals surface area contributed by atoms with Gasteiger partial charge in [-0.15, -0.1) is 0 Å². The van der Waals surface area contributed by atoms with E-state index in [2.05, 4.69) is 15.6 Å². The molecule has 1 aromatic heterocycles. The molecule has 0 aliphatic carbocycles. The van der Waals surface area contributed by atoms with Gasteiger partial charge in [-0.25, -0.2) is 9.78 Å². The van der Waals surface area contributed by atoms with E-state index in [9.17, 15) is 9.59 Å². The molecule has 0 saturated heterocycles. The minimum atomic E-state index is -0.711. The molecule has 7 heteroatoms. The lowest BCUT2D eigenvalue weighted by molar-refractivity contribution is -0.121. The molecule has 19 heavy (non-hydrogen) atoms. The summed E-state index contributed by atoms with van der Waals surface area (Å²) < 4.78 is 1.90. The summed E-state index contributed by atoms with van der Waals surface area (Å²) in [7, 11) is 0. The van der Waals surface area contributed by atoms with E-state index in [1.807, 2.05) is 31.5 Å². The number of aromatic nitrogens is 2. The first-order valence-electron chi connectivity index (χ1n) is 6.07. The number of hydrogen-bond donors (Lipinski definition) is 3. The van der Waals surface area contributed by atoms with Crippen molar-refractivity contribution in [2.75, 3.05) is 6.54 Å². The molecule has 4 N–H and O–H groups in total. The number of nitrogens with zero attached hydrogens (tertiary/aromatic N) is 2. The summed E-state index contributed by atoms with van der Waals surface area (Å²) in [5.74, 6) is -0.265. The molecule has 7 nitrogen and oxygen atoms in total. The largest absolute Gasteiger partial charge is 0.352 e. The molecular formula is C12H21N5O2. The first-order chi connectivity index (χ1) is 8.79. The molecule has 1 heterocycles. The number of hydrogen-bond acceptors (Lipinski definition) is 3. The number of rotatable bonds is 5. The molecular weight excluding hydrogens is 246 g/mol. The van der Waals surface area contributed by atoms with Gasteiger partial charge in [0.05, 0.1) is 18.9 Å². The predicted molar refractivity (Wildman–Crippen MR) is 71.2 cm³/mol. The number of urea groups is 1. The standard InChI is InChI=1S/C12H21N5O2/c1-12(2,3)9(7-17-5-4-14-8-17)16-10(18)6-15-11(13)19/h4-5,8-9H,6-7H2,1-3H3,(H,16,18)(H3,13,15,19). The fraction of sp³-hybridized carbons (Fsp3) is 0.583. The topological polar surface area (TPSA) is 102 Å². The summed E-state index contributed by atoms with van der Waals surface area (Å²) >= 11 is 0. The quantitative estimate of drug-likeness (QED) is 0.704. The Morgan fingerprint density at radius 3 is 2.58 bits per heavy atom. The van der Waals surface area contributed by atoms with Crippen molar-refractivity contribution in [1.82, 2.24) is 20.2 Å². The van der Waals surface area contributed by atoms with E-state index in [0.717, 1.165) is 0 Å². The smallest absolute Gasteiger partial charge is 0.312 e. The molecule has 0 fully saturated rings. The maximum atomic E-state index is 11.7. The second kappa shape index (κ2) is 6.21. The van der Waals surface area contributed by atoms with Crippen LogP contribution >= 0.6 is 0 Å². The summed E-state index contributed by atoms with van der Waals surface area (Å²) in [6.45, 7) is 6.61. The van der Waals surface area contributed by atoms with Crippen LogP contribution in [0.5, 0.6) is 0 Å². The molecule has 0 aromatic carbocycles. The zero-order valence-corrected chi connectivity index (χ0v) is 11.5. The van der Waals surface area contributed by atoms with Crippen molar-refractivity contribution in [1.29, 1.82) is 0 Å². The monoisotopic (exact) mass is 267 g/mol. The first-order valence-corrected chi connectivity index (χ1v) is 6.07. The van der Waals surface area contributed by atoms with Crippen LogP contribution in [0.1, 0.15) is 20.8 Å². The van der Waals surface area contributed by atoms with Crippen molar-refractivity contribution in [2.24, 2.45) is 11.1 Å². The van der Waals surface area contributed by atoms with Crippen molar-refractivity contribution in [2.45, 2.75) is 33.4 Å². The molecule has 1 rings (SSSR count). The van der Waals surface area contributed by atoms with Gasteiger partial charge < -0.3 is 20.9 Å². The second-order valence-electron chi connectivity index (χ2n) is 5.46. The van der Waals surface area contributed by atoms with Gasteiger partial charge in [-0.05, 0) is 5.41 Å². The Morgan fingerprint density at radius 1 is 1.42 bits per heavy atom. The number of nitrogens with one attached hydrogen (secondary N) is 2. The fourth-order valence-corrected chi connectivity index (χ4v) is 1.55. The van der Waals surface area contributed by atoms with E-state index >= 15 is 0 Å². The number of carbonyl (C=O) groups is 2. The summed E-state index contributed by atoms with van der Waals surface area (Å²) in [6.07, 6.45) is 5.23. The summed E-state index contributed by atoms with van der Waals surface area (Å²) in [5.41, 5.74) is 4.81. The number of amides is 3. The van der Waals surface area contributed by atoms with Crippen LogP contribution < -0.4 is 16.4 Å². The van der Waals surface area contributed by atoms with Crippen LogP contribution in [0.2, 0.25) is 0 Å². The van der Waals surface area contributed by atoms with E-state index in [-0.39, 0.29) is 23.9 Å². The summed E-state index contributed by atoms with van der Waals surface area (Å²) in [4.78, 5) is 26.3. The second-order valence-corrected chi connectivity index (χ2v) is 5.46. The van der Waals surface area contributed by atoms with Crippen LogP contribution in [0.4, 0.5) is 4.79 Å². The third-order valence-corrected chi connectivity index (χ3v) is 2.76. The molecule has 0 aliphatic heterocycles. The average Bonchev–Trinajstić information content (AvgIpc) is 2.77. The zero-order valence-electron chi connectivity index (χ0n) is 11.5. The van der Waals surface area contributed by atoms with E-state index < -0.39 is 6.03 Å². The van der Waals surface area contributed by atoms with Crippen molar-refractivity contribution in [3.63, 3.8) is 0 Å². The van der Waals surface area contributed by atoms with Crippen LogP contribution in [-0.2, 0) is 11.3 Å². The lowest BCUT2D eigenvalue weighted by Crippen LogP contribution is -2.49. The van der Waals surface area contributed by atoms with Gasteiger partial charge >= 0.3 is 6.03 Å². The lowest BCUT2D eigenvalue weighted by atomic mass is 9.86. The number of nitrogens with two attached hydrogens (primary N) is 1. The maximum absolute atomic E-state index is 11.7. The molecule has 0 spiro atoms. The highest BCUT2D eigenvalue weighted by molar-refractivity contribution is 5.83. The van der Waals surface area contributed by atoms with Crippen LogP contribution in [0.15, 0.2) is 18.7 Å². The SMILES string of the molecule is CC(C)(C)C(Cn1ccnc1)NC(=O)CNC(N)=O. The molecule has 1 atom stereocenters. The number of primary amides is 1. The first kappa shape index (κ1) is 15.0. The Balaban J connectivity index is 2.60. The van der Waals surface area contributed by atoms with Crippen LogP contribution in [0.3, 0.4) is 0 Å². The number of carbonyl (C=O) groups excluding carboxylic acids is 2. The predicted octanol–water partition coefficient (Wildman–Crippen LogP) is 0.0823. The molecule has 1 aromatic rings. The average molecular weight is 267 g/mol. The minimum absolute atomic E-state index is 0.0797. The van der Waals surface area contributed by atoms with Gasteiger partial charge in [0.25, 0.3) is 0 Å². The van der Waals surface area contributed by atoms with Gasteiger partial charge in [0.15, 0.2) is 0 Å². The Kier molecular flexibility index (Phi) is 4.91. The van der Waals surface area contributed by atoms with Crippen molar-refractivity contribution >= 4 is 11.9 Å². The summed E-state index contributed by atoms with van der Waals surface area (Å²) in [5, 5.41) is 5.16. The minimum Gasteiger partial charge on any atom is -0.352 e. The van der Waals surface area contributed by atoms with Gasteiger partial charge in [-0.2, -0.15) is 0 Å². The van der Waals surface area contributed by atoms with Crippen LogP contribution in [0.25, 0.3) is 0 Å². The fourth-order valence-electron chi connectivity index (χ4n) is 1.55. The van der Waals surface area contributed by atoms with Gasteiger partial charge in [0.2, 0.25) is 5.91 Å². The highest BCUT2D eigenvalue weighted by Crippen LogP contribution is 2.20. The zero-order chi connectivity index (χ0) is 14.5. The maximum Gasteiger partial charge on any atom is 0.312 e. The molecule has 0 saturated carbocycles. The van der Waals surface area contributed by atoms with Crippen LogP contribution in [0, 0.1) is 5.41 Å². The molecule has 0 bridgehead atoms. The Bertz CT molecular complexity index is 422. The van der Waals surface area contributed by atoms with E-state index in [1.54, 1.807) is 12.5 Å². The molecule has 106 valence electrons. The van der Waals surface area contributed by atoms with E-state index in [0.29, 0.717) is 6.54 Å². The highest BCUT2D eigenvalue weighted by Gasteiger charge is 2.26. The van der Waals surface area contributed by atoms with E-state index in [4.69, 9.17) is 5.73 Å². The van der Waals surface area contributed by atoms with Gasteiger partial charge in [-0.1, -0.05) is 20.8 Å². The number of imidazole rings is 1. The van der Waals surface area contributed by atoms with Gasteiger partial charge in [0.1, 0.15) is 0 Å². The van der Waals surface area contributed by atoms with Crippen molar-refractivity contribution in [3.05, 3.63) is 18.7 Å². The third kappa shape index (κ3) is 5.41.